The Hall–Kier alpha value is -2.28. The Morgan fingerprint density at radius 3 is 2.63 bits per heavy atom. The van der Waals surface area contributed by atoms with E-state index in [1.165, 1.54) is 6.07 Å². The number of carbonyl (C=O) groups excluding carboxylic acids is 1. The number of nitrogens with zero attached hydrogens (tertiary/aromatic N) is 2. The van der Waals surface area contributed by atoms with Gasteiger partial charge >= 0.3 is 0 Å². The van der Waals surface area contributed by atoms with Crippen molar-refractivity contribution in [2.45, 2.75) is 0 Å². The van der Waals surface area contributed by atoms with Gasteiger partial charge in [0.2, 0.25) is 0 Å². The molecule has 0 aliphatic carbocycles. The molecule has 0 atom stereocenters. The maximum atomic E-state index is 13.4. The smallest absolute Gasteiger partial charge is 0.259 e. The van der Waals surface area contributed by atoms with Crippen LogP contribution in [0.3, 0.4) is 0 Å². The van der Waals surface area contributed by atoms with Gasteiger partial charge in [0, 0.05) is 12.1 Å². The zero-order valence-electron chi connectivity index (χ0n) is 9.32. The van der Waals surface area contributed by atoms with Crippen molar-refractivity contribution in [2.24, 2.45) is 0 Å². The van der Waals surface area contributed by atoms with E-state index >= 15 is 0 Å². The van der Waals surface area contributed by atoms with E-state index in [0.717, 1.165) is 12.4 Å². The van der Waals surface area contributed by atoms with E-state index in [-0.39, 0.29) is 16.7 Å². The van der Waals surface area contributed by atoms with E-state index in [1.54, 1.807) is 0 Å². The molecule has 0 fully saturated rings. The first kappa shape index (κ1) is 13.2. The molecule has 0 aliphatic heterocycles. The Labute approximate surface area is 111 Å². The van der Waals surface area contributed by atoms with E-state index in [4.69, 9.17) is 17.3 Å². The molecule has 2 aromatic rings. The Morgan fingerprint density at radius 1 is 1.21 bits per heavy atom. The van der Waals surface area contributed by atoms with Gasteiger partial charge in [0.25, 0.3) is 5.91 Å². The van der Waals surface area contributed by atoms with Crippen molar-refractivity contribution in [1.82, 2.24) is 9.97 Å². The average Bonchev–Trinajstić information content (AvgIpc) is 2.33. The van der Waals surface area contributed by atoms with Gasteiger partial charge in [0.1, 0.15) is 28.9 Å². The summed E-state index contributed by atoms with van der Waals surface area (Å²) < 4.78 is 26.4. The number of carbonyl (C=O) groups is 1. The van der Waals surface area contributed by atoms with Crippen LogP contribution in [-0.4, -0.2) is 15.9 Å². The molecule has 3 N–H and O–H groups in total. The highest BCUT2D eigenvalue weighted by Gasteiger charge is 2.15. The Bertz CT molecular complexity index is 651. The van der Waals surface area contributed by atoms with Crippen molar-refractivity contribution < 1.29 is 13.6 Å². The quantitative estimate of drug-likeness (QED) is 0.654. The van der Waals surface area contributed by atoms with Crippen molar-refractivity contribution in [1.29, 1.82) is 0 Å². The third-order valence-electron chi connectivity index (χ3n) is 2.21. The summed E-state index contributed by atoms with van der Waals surface area (Å²) >= 11 is 5.61. The molecule has 0 spiro atoms. The largest absolute Gasteiger partial charge is 0.396 e. The summed E-state index contributed by atoms with van der Waals surface area (Å²) in [6.07, 6.45) is 1.13. The minimum atomic E-state index is -1.02. The fourth-order valence-electron chi connectivity index (χ4n) is 1.33. The number of hydrogen-bond donors (Lipinski definition) is 2. The molecule has 1 heterocycles. The number of amides is 1. The molecule has 1 aromatic heterocycles. The molecule has 1 amide bonds. The number of aromatic nitrogens is 2. The zero-order valence-corrected chi connectivity index (χ0v) is 10.1. The molecule has 0 aliphatic rings. The molecular weight excluding hydrogens is 278 g/mol. The topological polar surface area (TPSA) is 80.9 Å². The van der Waals surface area contributed by atoms with Crippen LogP contribution in [0, 0.1) is 11.6 Å². The number of halogens is 3. The second-order valence-corrected chi connectivity index (χ2v) is 3.92. The Balaban J connectivity index is 2.28. The number of hydrogen-bond acceptors (Lipinski definition) is 4. The molecule has 5 nitrogen and oxygen atoms in total. The highest BCUT2D eigenvalue weighted by molar-refractivity contribution is 6.29. The fraction of sp³-hybridized carbons (Fsp3) is 0. The minimum Gasteiger partial charge on any atom is -0.396 e. The van der Waals surface area contributed by atoms with Crippen LogP contribution in [0.2, 0.25) is 5.15 Å². The zero-order chi connectivity index (χ0) is 14.0. The number of benzene rings is 1. The summed E-state index contributed by atoms with van der Waals surface area (Å²) in [5.74, 6) is -2.69. The van der Waals surface area contributed by atoms with Gasteiger partial charge in [-0.25, -0.2) is 18.7 Å². The SMILES string of the molecule is Nc1cc(C(=O)Nc2cc(Cl)ncn2)c(F)cc1F. The number of nitrogens with one attached hydrogen (secondary N) is 1. The summed E-state index contributed by atoms with van der Waals surface area (Å²) in [6, 6.07) is 2.73. The fourth-order valence-corrected chi connectivity index (χ4v) is 1.47. The minimum absolute atomic E-state index is 0.0901. The lowest BCUT2D eigenvalue weighted by Crippen LogP contribution is -2.15. The molecule has 0 saturated heterocycles. The van der Waals surface area contributed by atoms with E-state index in [0.29, 0.717) is 6.07 Å². The van der Waals surface area contributed by atoms with Crippen molar-refractivity contribution in [3.8, 4) is 0 Å². The van der Waals surface area contributed by atoms with Crippen LogP contribution in [0.15, 0.2) is 24.5 Å². The van der Waals surface area contributed by atoms with Gasteiger partial charge < -0.3 is 11.1 Å². The molecule has 2 rings (SSSR count). The van der Waals surface area contributed by atoms with Crippen molar-refractivity contribution in [2.75, 3.05) is 11.1 Å². The van der Waals surface area contributed by atoms with Gasteiger partial charge in [-0.05, 0) is 6.07 Å². The van der Waals surface area contributed by atoms with Crippen LogP contribution in [-0.2, 0) is 0 Å². The van der Waals surface area contributed by atoms with Gasteiger partial charge in [0.05, 0.1) is 11.3 Å². The van der Waals surface area contributed by atoms with Crippen LogP contribution in [0.25, 0.3) is 0 Å². The molecule has 8 heteroatoms. The maximum Gasteiger partial charge on any atom is 0.259 e. The molecule has 98 valence electrons. The van der Waals surface area contributed by atoms with Gasteiger partial charge in [-0.15, -0.1) is 0 Å². The third kappa shape index (κ3) is 2.94. The van der Waals surface area contributed by atoms with E-state index in [1.807, 2.05) is 0 Å². The van der Waals surface area contributed by atoms with Crippen molar-refractivity contribution in [3.63, 3.8) is 0 Å². The summed E-state index contributed by atoms with van der Waals surface area (Å²) in [7, 11) is 0. The van der Waals surface area contributed by atoms with Crippen LogP contribution in [0.1, 0.15) is 10.4 Å². The third-order valence-corrected chi connectivity index (χ3v) is 2.41. The van der Waals surface area contributed by atoms with Gasteiger partial charge in [-0.1, -0.05) is 11.6 Å². The summed E-state index contributed by atoms with van der Waals surface area (Å²) in [5.41, 5.74) is 4.56. The first-order valence-electron chi connectivity index (χ1n) is 5.01. The van der Waals surface area contributed by atoms with E-state index in [9.17, 15) is 13.6 Å². The number of nitrogen functional groups attached to an aromatic ring is 1. The summed E-state index contributed by atoms with van der Waals surface area (Å²) in [6.45, 7) is 0. The van der Waals surface area contributed by atoms with Crippen LogP contribution in [0.4, 0.5) is 20.3 Å². The lowest BCUT2D eigenvalue weighted by Gasteiger charge is -2.06. The molecular formula is C11H7ClF2N4O. The second kappa shape index (κ2) is 5.15. The van der Waals surface area contributed by atoms with E-state index < -0.39 is 23.1 Å². The first-order valence-corrected chi connectivity index (χ1v) is 5.38. The highest BCUT2D eigenvalue weighted by Crippen LogP contribution is 2.18. The number of anilines is 2. The predicted octanol–water partition coefficient (Wildman–Crippen LogP) is 2.24. The lowest BCUT2D eigenvalue weighted by molar-refractivity contribution is 0.102. The highest BCUT2D eigenvalue weighted by atomic mass is 35.5. The standard InChI is InChI=1S/C11H7ClF2N4O/c12-9-3-10(17-4-16-9)18-11(19)5-1-8(15)7(14)2-6(5)13/h1-4H,15H2,(H,16,17,18,19). The Kier molecular flexibility index (Phi) is 3.57. The van der Waals surface area contributed by atoms with E-state index in [2.05, 4.69) is 15.3 Å². The summed E-state index contributed by atoms with van der Waals surface area (Å²) in [4.78, 5) is 19.1. The maximum absolute atomic E-state index is 13.4. The number of nitrogens with two attached hydrogens (primary N) is 1. The van der Waals surface area contributed by atoms with Gasteiger partial charge in [-0.2, -0.15) is 0 Å². The molecule has 0 saturated carbocycles. The molecule has 1 aromatic carbocycles. The second-order valence-electron chi connectivity index (χ2n) is 3.53. The van der Waals surface area contributed by atoms with Crippen molar-refractivity contribution >= 4 is 29.0 Å². The van der Waals surface area contributed by atoms with Crippen LogP contribution >= 0.6 is 11.6 Å². The monoisotopic (exact) mass is 284 g/mol. The van der Waals surface area contributed by atoms with Gasteiger partial charge in [0.15, 0.2) is 0 Å². The lowest BCUT2D eigenvalue weighted by atomic mass is 10.1. The normalized spacial score (nSPS) is 10.3. The van der Waals surface area contributed by atoms with Crippen molar-refractivity contribution in [3.05, 3.63) is 46.9 Å². The average molecular weight is 285 g/mol. The van der Waals surface area contributed by atoms with Crippen LogP contribution < -0.4 is 11.1 Å². The molecule has 0 radical (unpaired) electrons. The Morgan fingerprint density at radius 2 is 1.95 bits per heavy atom. The predicted molar refractivity (Wildman–Crippen MR) is 65.8 cm³/mol. The summed E-state index contributed by atoms with van der Waals surface area (Å²) in [5, 5.41) is 2.41. The molecule has 0 bridgehead atoms. The number of rotatable bonds is 2. The van der Waals surface area contributed by atoms with Gasteiger partial charge in [-0.3, -0.25) is 4.79 Å². The first-order chi connectivity index (χ1) is 8.97. The van der Waals surface area contributed by atoms with Crippen LogP contribution in [0.5, 0.6) is 0 Å². The molecule has 0 unspecified atom stereocenters. The molecule has 19 heavy (non-hydrogen) atoms.